The third-order valence-electron chi connectivity index (χ3n) is 3.78. The first kappa shape index (κ1) is 18.2. The number of anilines is 1. The van der Waals surface area contributed by atoms with Crippen molar-refractivity contribution in [3.8, 4) is 11.5 Å². The molecular weight excluding hydrogens is 356 g/mol. The molecule has 0 aliphatic carbocycles. The maximum absolute atomic E-state index is 12.2. The Morgan fingerprint density at radius 2 is 1.78 bits per heavy atom. The Kier molecular flexibility index (Phi) is 5.20. The van der Waals surface area contributed by atoms with Crippen LogP contribution >= 0.6 is 0 Å². The molecule has 9 heteroatoms. The number of non-ortho nitro benzene ring substituents is 1. The van der Waals surface area contributed by atoms with Crippen molar-refractivity contribution in [3.05, 3.63) is 58.1 Å². The van der Waals surface area contributed by atoms with Crippen molar-refractivity contribution in [3.63, 3.8) is 0 Å². The maximum Gasteiger partial charge on any atom is 0.338 e. The number of nitro benzene ring substituents is 1. The van der Waals surface area contributed by atoms with Gasteiger partial charge in [0.2, 0.25) is 0 Å². The van der Waals surface area contributed by atoms with Crippen LogP contribution < -0.4 is 14.8 Å². The van der Waals surface area contributed by atoms with Crippen LogP contribution in [-0.2, 0) is 9.53 Å². The molecule has 2 aromatic carbocycles. The molecular formula is C18H16N2O7. The van der Waals surface area contributed by atoms with E-state index in [1.54, 1.807) is 18.2 Å². The van der Waals surface area contributed by atoms with Crippen molar-refractivity contribution in [2.24, 2.45) is 0 Å². The number of carbonyl (C=O) groups excluding carboxylic acids is 2. The van der Waals surface area contributed by atoms with Crippen LogP contribution in [0.5, 0.6) is 11.5 Å². The average Bonchev–Trinajstić information content (AvgIpc) is 2.67. The van der Waals surface area contributed by atoms with Crippen molar-refractivity contribution < 1.29 is 28.7 Å². The van der Waals surface area contributed by atoms with Crippen molar-refractivity contribution in [1.82, 2.24) is 0 Å². The minimum absolute atomic E-state index is 0.111. The van der Waals surface area contributed by atoms with Gasteiger partial charge in [0, 0.05) is 23.9 Å². The van der Waals surface area contributed by atoms with Gasteiger partial charge in [0.1, 0.15) is 13.2 Å². The summed E-state index contributed by atoms with van der Waals surface area (Å²) in [4.78, 5) is 34.4. The fourth-order valence-electron chi connectivity index (χ4n) is 2.37. The summed E-state index contributed by atoms with van der Waals surface area (Å²) in [7, 11) is 0. The largest absolute Gasteiger partial charge is 0.486 e. The summed E-state index contributed by atoms with van der Waals surface area (Å²) in [5.41, 5.74) is 0.443. The standard InChI is InChI=1S/C18H16N2O7/c1-11(27-18(22)12-2-5-14(6-3-12)20(23)24)17(21)19-13-4-7-15-16(10-13)26-9-8-25-15/h2-7,10-11H,8-9H2,1H3,(H,19,21)/t11-/m0/s1. The van der Waals surface area contributed by atoms with Gasteiger partial charge in [-0.05, 0) is 31.2 Å². The summed E-state index contributed by atoms with van der Waals surface area (Å²) in [6.07, 6.45) is -1.07. The Morgan fingerprint density at radius 1 is 1.11 bits per heavy atom. The molecule has 1 atom stereocenters. The molecule has 0 bridgehead atoms. The van der Waals surface area contributed by atoms with E-state index in [2.05, 4.69) is 5.32 Å². The van der Waals surface area contributed by atoms with Crippen LogP contribution in [0.15, 0.2) is 42.5 Å². The molecule has 140 valence electrons. The Labute approximate surface area is 154 Å². The Bertz CT molecular complexity index is 880. The Balaban J connectivity index is 1.60. The van der Waals surface area contributed by atoms with Gasteiger partial charge in [-0.25, -0.2) is 4.79 Å². The average molecular weight is 372 g/mol. The number of nitro groups is 1. The van der Waals surface area contributed by atoms with Gasteiger partial charge in [-0.1, -0.05) is 0 Å². The smallest absolute Gasteiger partial charge is 0.338 e. The van der Waals surface area contributed by atoms with Gasteiger partial charge < -0.3 is 19.5 Å². The van der Waals surface area contributed by atoms with Gasteiger partial charge in [-0.3, -0.25) is 14.9 Å². The number of ether oxygens (including phenoxy) is 3. The van der Waals surface area contributed by atoms with E-state index >= 15 is 0 Å². The van der Waals surface area contributed by atoms with Crippen LogP contribution in [0.1, 0.15) is 17.3 Å². The summed E-state index contributed by atoms with van der Waals surface area (Å²) in [6.45, 7) is 2.32. The molecule has 0 saturated heterocycles. The summed E-state index contributed by atoms with van der Waals surface area (Å²) in [5, 5.41) is 13.3. The highest BCUT2D eigenvalue weighted by molar-refractivity contribution is 5.97. The first-order valence-corrected chi connectivity index (χ1v) is 8.10. The molecule has 2 aromatic rings. The molecule has 27 heavy (non-hydrogen) atoms. The van der Waals surface area contributed by atoms with Crippen molar-refractivity contribution in [2.75, 3.05) is 18.5 Å². The molecule has 0 radical (unpaired) electrons. The highest BCUT2D eigenvalue weighted by atomic mass is 16.6. The lowest BCUT2D eigenvalue weighted by Gasteiger charge is -2.19. The summed E-state index contributed by atoms with van der Waals surface area (Å²) in [6, 6.07) is 9.87. The van der Waals surface area contributed by atoms with Crippen LogP contribution in [0.3, 0.4) is 0 Å². The molecule has 1 heterocycles. The lowest BCUT2D eigenvalue weighted by atomic mass is 10.2. The number of amides is 1. The summed E-state index contributed by atoms with van der Waals surface area (Å²) in [5.74, 6) is -0.164. The molecule has 1 aliphatic rings. The van der Waals surface area contributed by atoms with Gasteiger partial charge in [-0.15, -0.1) is 0 Å². The van der Waals surface area contributed by atoms with Gasteiger partial charge >= 0.3 is 5.97 Å². The lowest BCUT2D eigenvalue weighted by Crippen LogP contribution is -2.30. The van der Waals surface area contributed by atoms with Crippen LogP contribution in [0, 0.1) is 10.1 Å². The van der Waals surface area contributed by atoms with E-state index in [4.69, 9.17) is 14.2 Å². The molecule has 0 spiro atoms. The number of nitrogens with one attached hydrogen (secondary N) is 1. The maximum atomic E-state index is 12.2. The quantitative estimate of drug-likeness (QED) is 0.487. The van der Waals surface area contributed by atoms with Gasteiger partial charge in [0.25, 0.3) is 11.6 Å². The van der Waals surface area contributed by atoms with Crippen molar-refractivity contribution in [2.45, 2.75) is 13.0 Å². The van der Waals surface area contributed by atoms with Gasteiger partial charge in [0.05, 0.1) is 10.5 Å². The zero-order chi connectivity index (χ0) is 19.4. The van der Waals surface area contributed by atoms with Crippen LogP contribution in [0.2, 0.25) is 0 Å². The van der Waals surface area contributed by atoms with E-state index in [-0.39, 0.29) is 11.3 Å². The molecule has 1 amide bonds. The molecule has 0 unspecified atom stereocenters. The minimum atomic E-state index is -1.07. The second-order valence-electron chi connectivity index (χ2n) is 5.70. The second-order valence-corrected chi connectivity index (χ2v) is 5.70. The SMILES string of the molecule is C[C@H](OC(=O)c1ccc([N+](=O)[O-])cc1)C(=O)Nc1ccc2c(c1)OCCO2. The molecule has 0 fully saturated rings. The third-order valence-corrected chi connectivity index (χ3v) is 3.78. The predicted octanol–water partition coefficient (Wildman–Crippen LogP) is 2.55. The monoisotopic (exact) mass is 372 g/mol. The molecule has 0 saturated carbocycles. The predicted molar refractivity (Wildman–Crippen MR) is 94.0 cm³/mol. The number of benzene rings is 2. The van der Waals surface area contributed by atoms with Crippen LogP contribution in [-0.4, -0.2) is 36.1 Å². The Morgan fingerprint density at radius 3 is 2.44 bits per heavy atom. The first-order valence-electron chi connectivity index (χ1n) is 8.10. The normalized spacial score (nSPS) is 13.4. The number of hydrogen-bond donors (Lipinski definition) is 1. The number of nitrogens with zero attached hydrogens (tertiary/aromatic N) is 1. The molecule has 1 aliphatic heterocycles. The number of esters is 1. The highest BCUT2D eigenvalue weighted by Gasteiger charge is 2.20. The topological polar surface area (TPSA) is 117 Å². The molecule has 9 nitrogen and oxygen atoms in total. The fourth-order valence-corrected chi connectivity index (χ4v) is 2.37. The number of fused-ring (bicyclic) bond motifs is 1. The zero-order valence-electron chi connectivity index (χ0n) is 14.3. The Hall–Kier alpha value is -3.62. The van der Waals surface area contributed by atoms with Gasteiger partial charge in [-0.2, -0.15) is 0 Å². The number of hydrogen-bond acceptors (Lipinski definition) is 7. The third kappa shape index (κ3) is 4.32. The molecule has 1 N–H and O–H groups in total. The molecule has 3 rings (SSSR count). The lowest BCUT2D eigenvalue weighted by molar-refractivity contribution is -0.384. The van der Waals surface area contributed by atoms with Crippen LogP contribution in [0.4, 0.5) is 11.4 Å². The highest BCUT2D eigenvalue weighted by Crippen LogP contribution is 2.32. The van der Waals surface area contributed by atoms with E-state index in [9.17, 15) is 19.7 Å². The van der Waals surface area contributed by atoms with E-state index in [0.29, 0.717) is 30.4 Å². The summed E-state index contributed by atoms with van der Waals surface area (Å²) < 4.78 is 16.0. The van der Waals surface area contributed by atoms with E-state index in [1.165, 1.54) is 31.2 Å². The zero-order valence-corrected chi connectivity index (χ0v) is 14.3. The van der Waals surface area contributed by atoms with Crippen molar-refractivity contribution >= 4 is 23.3 Å². The second kappa shape index (κ2) is 7.73. The number of carbonyl (C=O) groups is 2. The van der Waals surface area contributed by atoms with Crippen LogP contribution in [0.25, 0.3) is 0 Å². The first-order chi connectivity index (χ1) is 12.9. The van der Waals surface area contributed by atoms with Crippen molar-refractivity contribution in [1.29, 1.82) is 0 Å². The van der Waals surface area contributed by atoms with E-state index in [0.717, 1.165) is 0 Å². The van der Waals surface area contributed by atoms with E-state index in [1.807, 2.05) is 0 Å². The molecule has 0 aromatic heterocycles. The fraction of sp³-hybridized carbons (Fsp3) is 0.222. The minimum Gasteiger partial charge on any atom is -0.486 e. The summed E-state index contributed by atoms with van der Waals surface area (Å²) >= 11 is 0. The van der Waals surface area contributed by atoms with Gasteiger partial charge in [0.15, 0.2) is 17.6 Å². The van der Waals surface area contributed by atoms with E-state index < -0.39 is 22.9 Å². The number of rotatable bonds is 5.